The van der Waals surface area contributed by atoms with Gasteiger partial charge in [-0.05, 0) is 14.0 Å². The van der Waals surface area contributed by atoms with E-state index in [1.807, 2.05) is 17.9 Å². The summed E-state index contributed by atoms with van der Waals surface area (Å²) in [6, 6.07) is 0. The van der Waals surface area contributed by atoms with E-state index in [0.29, 0.717) is 0 Å². The van der Waals surface area contributed by atoms with Crippen molar-refractivity contribution in [2.45, 2.75) is 13.5 Å². The van der Waals surface area contributed by atoms with E-state index in [2.05, 4.69) is 29.3 Å². The van der Waals surface area contributed by atoms with Gasteiger partial charge >= 0.3 is 0 Å². The zero-order valence-corrected chi connectivity index (χ0v) is 11.4. The normalized spacial score (nSPS) is 11.4. The van der Waals surface area contributed by atoms with Crippen molar-refractivity contribution in [1.29, 1.82) is 0 Å². The number of hydrogen-bond donors (Lipinski definition) is 1. The van der Waals surface area contributed by atoms with Crippen LogP contribution in [0.2, 0.25) is 0 Å². The van der Waals surface area contributed by atoms with Gasteiger partial charge in [-0.3, -0.25) is 4.68 Å². The third-order valence-electron chi connectivity index (χ3n) is 2.93. The molecule has 0 aliphatic heterocycles. The minimum atomic E-state index is 0.769. The third kappa shape index (κ3) is 4.85. The number of rotatable bonds is 8. The molecule has 0 fully saturated rings. The van der Waals surface area contributed by atoms with E-state index >= 15 is 0 Å². The van der Waals surface area contributed by atoms with Gasteiger partial charge in [0.05, 0.1) is 12.8 Å². The van der Waals surface area contributed by atoms with Crippen molar-refractivity contribution < 1.29 is 4.74 Å². The highest BCUT2D eigenvalue weighted by molar-refractivity contribution is 5.15. The number of aromatic nitrogens is 2. The van der Waals surface area contributed by atoms with Crippen LogP contribution < -0.4 is 5.32 Å². The molecular weight excluding hydrogens is 216 g/mol. The molecule has 0 aliphatic rings. The van der Waals surface area contributed by atoms with Crippen molar-refractivity contribution in [3.63, 3.8) is 0 Å². The molecule has 0 aromatic carbocycles. The lowest BCUT2D eigenvalue weighted by Gasteiger charge is -2.16. The van der Waals surface area contributed by atoms with Gasteiger partial charge in [0.15, 0.2) is 0 Å². The Morgan fingerprint density at radius 3 is 2.82 bits per heavy atom. The van der Waals surface area contributed by atoms with Gasteiger partial charge in [-0.2, -0.15) is 5.10 Å². The van der Waals surface area contributed by atoms with Crippen LogP contribution in [0, 0.1) is 6.92 Å². The second kappa shape index (κ2) is 7.42. The molecule has 98 valence electrons. The molecule has 0 unspecified atom stereocenters. The molecule has 1 rings (SSSR count). The lowest BCUT2D eigenvalue weighted by Crippen LogP contribution is -2.30. The van der Waals surface area contributed by atoms with Gasteiger partial charge in [0, 0.05) is 51.6 Å². The van der Waals surface area contributed by atoms with Gasteiger partial charge in [0.2, 0.25) is 0 Å². The topological polar surface area (TPSA) is 42.3 Å². The molecule has 0 amide bonds. The molecule has 17 heavy (non-hydrogen) atoms. The third-order valence-corrected chi connectivity index (χ3v) is 2.93. The summed E-state index contributed by atoms with van der Waals surface area (Å²) in [5, 5.41) is 7.58. The SMILES string of the molecule is COCCNCCN(C)Cc1cnn(C)c1C. The van der Waals surface area contributed by atoms with E-state index < -0.39 is 0 Å². The first-order chi connectivity index (χ1) is 8.15. The summed E-state index contributed by atoms with van der Waals surface area (Å²) in [5.74, 6) is 0. The van der Waals surface area contributed by atoms with Gasteiger partial charge in [0.1, 0.15) is 0 Å². The number of aryl methyl sites for hydroxylation is 1. The molecule has 5 heteroatoms. The summed E-state index contributed by atoms with van der Waals surface area (Å²) < 4.78 is 6.89. The fraction of sp³-hybridized carbons (Fsp3) is 0.750. The molecule has 0 bridgehead atoms. The zero-order chi connectivity index (χ0) is 12.7. The Kier molecular flexibility index (Phi) is 6.18. The molecule has 1 aromatic heterocycles. The van der Waals surface area contributed by atoms with Crippen LogP contribution in [-0.2, 0) is 18.3 Å². The average Bonchev–Trinajstić information content (AvgIpc) is 2.61. The molecule has 1 heterocycles. The summed E-state index contributed by atoms with van der Waals surface area (Å²) in [4.78, 5) is 2.30. The molecule has 0 aliphatic carbocycles. The maximum atomic E-state index is 4.98. The van der Waals surface area contributed by atoms with Crippen molar-refractivity contribution in [1.82, 2.24) is 20.0 Å². The molecule has 0 spiro atoms. The van der Waals surface area contributed by atoms with Crippen LogP contribution in [0.1, 0.15) is 11.3 Å². The summed E-state index contributed by atoms with van der Waals surface area (Å²) in [6.45, 7) is 6.75. The minimum Gasteiger partial charge on any atom is -0.383 e. The van der Waals surface area contributed by atoms with Crippen molar-refractivity contribution in [3.8, 4) is 0 Å². The molecule has 0 radical (unpaired) electrons. The van der Waals surface area contributed by atoms with Crippen molar-refractivity contribution in [2.75, 3.05) is 40.4 Å². The second-order valence-corrected chi connectivity index (χ2v) is 4.36. The van der Waals surface area contributed by atoms with Crippen LogP contribution in [0.3, 0.4) is 0 Å². The smallest absolute Gasteiger partial charge is 0.0587 e. The predicted octanol–water partition coefficient (Wildman–Crippen LogP) is 0.396. The van der Waals surface area contributed by atoms with E-state index in [0.717, 1.165) is 32.8 Å². The average molecular weight is 240 g/mol. The van der Waals surface area contributed by atoms with Crippen LogP contribution in [0.25, 0.3) is 0 Å². The molecule has 5 nitrogen and oxygen atoms in total. The lowest BCUT2D eigenvalue weighted by atomic mass is 10.2. The van der Waals surface area contributed by atoms with Crippen LogP contribution in [-0.4, -0.2) is 55.1 Å². The van der Waals surface area contributed by atoms with Gasteiger partial charge in [-0.15, -0.1) is 0 Å². The Balaban J connectivity index is 2.21. The number of methoxy groups -OCH3 is 1. The molecule has 1 aromatic rings. The fourth-order valence-electron chi connectivity index (χ4n) is 1.64. The van der Waals surface area contributed by atoms with Crippen LogP contribution in [0.5, 0.6) is 0 Å². The summed E-state index contributed by atoms with van der Waals surface area (Å²) in [5.41, 5.74) is 2.54. The second-order valence-electron chi connectivity index (χ2n) is 4.36. The Labute approximate surface area is 104 Å². The molecule has 1 N–H and O–H groups in total. The highest BCUT2D eigenvalue weighted by Gasteiger charge is 2.06. The number of nitrogens with one attached hydrogen (secondary N) is 1. The standard InChI is InChI=1S/C12H24N4O/c1-11-12(9-14-16(11)3)10-15(2)7-5-13-6-8-17-4/h9,13H,5-8,10H2,1-4H3. The highest BCUT2D eigenvalue weighted by Crippen LogP contribution is 2.07. The van der Waals surface area contributed by atoms with E-state index in [1.54, 1.807) is 7.11 Å². The maximum Gasteiger partial charge on any atom is 0.0587 e. The van der Waals surface area contributed by atoms with Gasteiger partial charge < -0.3 is 15.0 Å². The number of ether oxygens (including phenoxy) is 1. The monoisotopic (exact) mass is 240 g/mol. The Morgan fingerprint density at radius 2 is 2.24 bits per heavy atom. The molecule has 0 atom stereocenters. The first-order valence-corrected chi connectivity index (χ1v) is 6.00. The molecular formula is C12H24N4O. The van der Waals surface area contributed by atoms with E-state index in [-0.39, 0.29) is 0 Å². The molecule has 0 saturated carbocycles. The Morgan fingerprint density at radius 1 is 1.47 bits per heavy atom. The van der Waals surface area contributed by atoms with Gasteiger partial charge in [0.25, 0.3) is 0 Å². The maximum absolute atomic E-state index is 4.98. The first kappa shape index (κ1) is 14.2. The summed E-state index contributed by atoms with van der Waals surface area (Å²) in [7, 11) is 5.83. The number of nitrogens with zero attached hydrogens (tertiary/aromatic N) is 3. The van der Waals surface area contributed by atoms with E-state index in [4.69, 9.17) is 4.74 Å². The van der Waals surface area contributed by atoms with E-state index in [9.17, 15) is 0 Å². The first-order valence-electron chi connectivity index (χ1n) is 6.00. The number of likely N-dealkylation sites (N-methyl/N-ethyl adjacent to an activating group) is 1. The number of hydrogen-bond acceptors (Lipinski definition) is 4. The molecule has 0 saturated heterocycles. The zero-order valence-electron chi connectivity index (χ0n) is 11.4. The van der Waals surface area contributed by atoms with Gasteiger partial charge in [-0.25, -0.2) is 0 Å². The van der Waals surface area contributed by atoms with Crippen LogP contribution in [0.4, 0.5) is 0 Å². The van der Waals surface area contributed by atoms with Crippen LogP contribution in [0.15, 0.2) is 6.20 Å². The van der Waals surface area contributed by atoms with Crippen molar-refractivity contribution in [2.24, 2.45) is 7.05 Å². The highest BCUT2D eigenvalue weighted by atomic mass is 16.5. The summed E-state index contributed by atoms with van der Waals surface area (Å²) >= 11 is 0. The quantitative estimate of drug-likeness (QED) is 0.668. The van der Waals surface area contributed by atoms with Gasteiger partial charge in [-0.1, -0.05) is 0 Å². The predicted molar refractivity (Wildman–Crippen MR) is 69.0 cm³/mol. The Bertz CT molecular complexity index is 324. The lowest BCUT2D eigenvalue weighted by molar-refractivity contribution is 0.197. The fourth-order valence-corrected chi connectivity index (χ4v) is 1.64. The van der Waals surface area contributed by atoms with E-state index in [1.165, 1.54) is 11.3 Å². The van der Waals surface area contributed by atoms with Crippen molar-refractivity contribution >= 4 is 0 Å². The largest absolute Gasteiger partial charge is 0.383 e. The van der Waals surface area contributed by atoms with Crippen molar-refractivity contribution in [3.05, 3.63) is 17.5 Å². The summed E-state index contributed by atoms with van der Waals surface area (Å²) in [6.07, 6.45) is 1.95. The Hall–Kier alpha value is -0.910. The minimum absolute atomic E-state index is 0.769. The van der Waals surface area contributed by atoms with Crippen LogP contribution >= 0.6 is 0 Å².